The van der Waals surface area contributed by atoms with Crippen molar-refractivity contribution in [2.45, 2.75) is 19.8 Å². The van der Waals surface area contributed by atoms with Crippen molar-refractivity contribution in [3.05, 3.63) is 12.2 Å². The van der Waals surface area contributed by atoms with Crippen molar-refractivity contribution in [3.63, 3.8) is 0 Å². The van der Waals surface area contributed by atoms with Gasteiger partial charge in [0.25, 0.3) is 0 Å². The first-order valence-corrected chi connectivity index (χ1v) is 4.80. The van der Waals surface area contributed by atoms with E-state index in [0.29, 0.717) is 6.54 Å². The summed E-state index contributed by atoms with van der Waals surface area (Å²) >= 11 is 0. The molecular formula is C10H17NO2. The van der Waals surface area contributed by atoms with Crippen molar-refractivity contribution >= 4 is 5.91 Å². The maximum atomic E-state index is 11.4. The molecule has 0 saturated carbocycles. The Kier molecular flexibility index (Phi) is 3.96. The Morgan fingerprint density at radius 2 is 2.46 bits per heavy atom. The van der Waals surface area contributed by atoms with Crippen LogP contribution in [0.1, 0.15) is 19.8 Å². The SMILES string of the molecule is CC=CC(=O)N1CCC[C@@H](CO)C1. The summed E-state index contributed by atoms with van der Waals surface area (Å²) in [6.07, 6.45) is 5.38. The van der Waals surface area contributed by atoms with E-state index >= 15 is 0 Å². The predicted molar refractivity (Wildman–Crippen MR) is 51.2 cm³/mol. The zero-order valence-corrected chi connectivity index (χ0v) is 8.07. The van der Waals surface area contributed by atoms with E-state index in [4.69, 9.17) is 5.11 Å². The second-order valence-corrected chi connectivity index (χ2v) is 3.48. The first-order valence-electron chi connectivity index (χ1n) is 4.80. The maximum Gasteiger partial charge on any atom is 0.246 e. The minimum Gasteiger partial charge on any atom is -0.396 e. The van der Waals surface area contributed by atoms with Crippen molar-refractivity contribution in [2.24, 2.45) is 5.92 Å². The van der Waals surface area contributed by atoms with Crippen molar-refractivity contribution < 1.29 is 9.90 Å². The summed E-state index contributed by atoms with van der Waals surface area (Å²) in [6.45, 7) is 3.57. The molecule has 0 aromatic heterocycles. The Morgan fingerprint density at radius 3 is 3.08 bits per heavy atom. The Morgan fingerprint density at radius 1 is 1.69 bits per heavy atom. The number of nitrogens with zero attached hydrogens (tertiary/aromatic N) is 1. The van der Waals surface area contributed by atoms with Gasteiger partial charge in [0.05, 0.1) is 0 Å². The molecule has 1 amide bonds. The van der Waals surface area contributed by atoms with Crippen LogP contribution in [0.5, 0.6) is 0 Å². The van der Waals surface area contributed by atoms with Gasteiger partial charge in [0, 0.05) is 19.7 Å². The molecule has 74 valence electrons. The summed E-state index contributed by atoms with van der Waals surface area (Å²) in [6, 6.07) is 0. The van der Waals surface area contributed by atoms with E-state index in [0.717, 1.165) is 19.4 Å². The van der Waals surface area contributed by atoms with Crippen LogP contribution in [0.2, 0.25) is 0 Å². The first-order chi connectivity index (χ1) is 6.27. The number of likely N-dealkylation sites (tertiary alicyclic amines) is 1. The fourth-order valence-electron chi connectivity index (χ4n) is 1.66. The second kappa shape index (κ2) is 5.02. The number of piperidine rings is 1. The molecule has 1 N–H and O–H groups in total. The number of carbonyl (C=O) groups excluding carboxylic acids is 1. The number of carbonyl (C=O) groups is 1. The molecule has 13 heavy (non-hydrogen) atoms. The van der Waals surface area contributed by atoms with Crippen LogP contribution >= 0.6 is 0 Å². The molecule has 1 heterocycles. The summed E-state index contributed by atoms with van der Waals surface area (Å²) in [5.74, 6) is 0.351. The van der Waals surface area contributed by atoms with Gasteiger partial charge in [-0.05, 0) is 31.8 Å². The van der Waals surface area contributed by atoms with E-state index < -0.39 is 0 Å². The Hall–Kier alpha value is -0.830. The van der Waals surface area contributed by atoms with Gasteiger partial charge >= 0.3 is 0 Å². The molecule has 3 heteroatoms. The third-order valence-electron chi connectivity index (χ3n) is 2.40. The quantitative estimate of drug-likeness (QED) is 0.643. The van der Waals surface area contributed by atoms with Crippen LogP contribution in [0, 0.1) is 5.92 Å². The average molecular weight is 183 g/mol. The van der Waals surface area contributed by atoms with Gasteiger partial charge in [0.1, 0.15) is 0 Å². The molecule has 1 rings (SSSR count). The Labute approximate surface area is 79.0 Å². The highest BCUT2D eigenvalue weighted by Gasteiger charge is 2.21. The molecule has 1 saturated heterocycles. The normalized spacial score (nSPS) is 23.8. The van der Waals surface area contributed by atoms with Crippen LogP contribution in [-0.4, -0.2) is 35.6 Å². The number of hydrogen-bond donors (Lipinski definition) is 1. The zero-order valence-electron chi connectivity index (χ0n) is 8.07. The smallest absolute Gasteiger partial charge is 0.246 e. The number of hydrogen-bond acceptors (Lipinski definition) is 2. The lowest BCUT2D eigenvalue weighted by Gasteiger charge is -2.31. The molecule has 0 aromatic rings. The number of rotatable bonds is 2. The maximum absolute atomic E-state index is 11.4. The fraction of sp³-hybridized carbons (Fsp3) is 0.700. The van der Waals surface area contributed by atoms with Crippen LogP contribution in [0.4, 0.5) is 0 Å². The molecule has 1 fully saturated rings. The standard InChI is InChI=1S/C10H17NO2/c1-2-4-10(13)11-6-3-5-9(7-11)8-12/h2,4,9,12H,3,5-8H2,1H3/t9-/m1/s1. The molecule has 0 radical (unpaired) electrons. The van der Waals surface area contributed by atoms with Gasteiger partial charge in [0.15, 0.2) is 0 Å². The van der Waals surface area contributed by atoms with Crippen LogP contribution in [-0.2, 0) is 4.79 Å². The van der Waals surface area contributed by atoms with Gasteiger partial charge < -0.3 is 10.0 Å². The zero-order chi connectivity index (χ0) is 9.68. The van der Waals surface area contributed by atoms with Gasteiger partial charge in [-0.15, -0.1) is 0 Å². The molecule has 1 atom stereocenters. The van der Waals surface area contributed by atoms with Crippen molar-refractivity contribution in [2.75, 3.05) is 19.7 Å². The van der Waals surface area contributed by atoms with Crippen LogP contribution in [0.15, 0.2) is 12.2 Å². The van der Waals surface area contributed by atoms with Crippen LogP contribution in [0.25, 0.3) is 0 Å². The monoisotopic (exact) mass is 183 g/mol. The van der Waals surface area contributed by atoms with Gasteiger partial charge in [-0.3, -0.25) is 4.79 Å². The van der Waals surface area contributed by atoms with Crippen LogP contribution < -0.4 is 0 Å². The minimum atomic E-state index is 0.0700. The van der Waals surface area contributed by atoms with Gasteiger partial charge in [-0.1, -0.05) is 6.08 Å². The van der Waals surface area contributed by atoms with E-state index in [1.165, 1.54) is 0 Å². The van der Waals surface area contributed by atoms with Crippen molar-refractivity contribution in [3.8, 4) is 0 Å². The van der Waals surface area contributed by atoms with E-state index in [-0.39, 0.29) is 18.4 Å². The van der Waals surface area contributed by atoms with Crippen molar-refractivity contribution in [1.29, 1.82) is 0 Å². The second-order valence-electron chi connectivity index (χ2n) is 3.48. The molecule has 0 bridgehead atoms. The molecular weight excluding hydrogens is 166 g/mol. The third kappa shape index (κ3) is 2.84. The lowest BCUT2D eigenvalue weighted by Crippen LogP contribution is -2.40. The Balaban J connectivity index is 2.46. The van der Waals surface area contributed by atoms with E-state index in [1.807, 2.05) is 11.8 Å². The Bertz CT molecular complexity index is 201. The van der Waals surface area contributed by atoms with Gasteiger partial charge in [0.2, 0.25) is 5.91 Å². The van der Waals surface area contributed by atoms with Gasteiger partial charge in [-0.25, -0.2) is 0 Å². The van der Waals surface area contributed by atoms with Crippen molar-refractivity contribution in [1.82, 2.24) is 4.90 Å². The third-order valence-corrected chi connectivity index (χ3v) is 2.40. The van der Waals surface area contributed by atoms with Gasteiger partial charge in [-0.2, -0.15) is 0 Å². The molecule has 0 unspecified atom stereocenters. The fourth-order valence-corrected chi connectivity index (χ4v) is 1.66. The first kappa shape index (κ1) is 10.3. The number of aliphatic hydroxyl groups is 1. The highest BCUT2D eigenvalue weighted by Crippen LogP contribution is 2.15. The van der Waals surface area contributed by atoms with E-state index in [1.54, 1.807) is 12.2 Å². The number of allylic oxidation sites excluding steroid dienone is 1. The molecule has 0 aromatic carbocycles. The molecule has 0 spiro atoms. The molecule has 1 aliphatic heterocycles. The summed E-state index contributed by atoms with van der Waals surface area (Å²) in [5.41, 5.74) is 0. The number of aliphatic hydroxyl groups excluding tert-OH is 1. The lowest BCUT2D eigenvalue weighted by atomic mass is 9.99. The highest BCUT2D eigenvalue weighted by atomic mass is 16.3. The lowest BCUT2D eigenvalue weighted by molar-refractivity contribution is -0.128. The van der Waals surface area contributed by atoms with E-state index in [2.05, 4.69) is 0 Å². The summed E-state index contributed by atoms with van der Waals surface area (Å²) in [7, 11) is 0. The highest BCUT2D eigenvalue weighted by molar-refractivity contribution is 5.87. The molecule has 3 nitrogen and oxygen atoms in total. The minimum absolute atomic E-state index is 0.0700. The van der Waals surface area contributed by atoms with Crippen LogP contribution in [0.3, 0.4) is 0 Å². The molecule has 1 aliphatic rings. The summed E-state index contributed by atoms with van der Waals surface area (Å²) in [4.78, 5) is 13.2. The largest absolute Gasteiger partial charge is 0.396 e. The predicted octanol–water partition coefficient (Wildman–Crippen LogP) is 0.793. The molecule has 0 aliphatic carbocycles. The average Bonchev–Trinajstić information content (AvgIpc) is 2.18. The number of amides is 1. The topological polar surface area (TPSA) is 40.5 Å². The van der Waals surface area contributed by atoms with E-state index in [9.17, 15) is 4.79 Å². The summed E-state index contributed by atoms with van der Waals surface area (Å²) < 4.78 is 0. The summed E-state index contributed by atoms with van der Waals surface area (Å²) in [5, 5.41) is 8.96.